The molecule has 8 heteroatoms. The van der Waals surface area contributed by atoms with Gasteiger partial charge >= 0.3 is 12.0 Å². The summed E-state index contributed by atoms with van der Waals surface area (Å²) in [6.45, 7) is 3.00. The summed E-state index contributed by atoms with van der Waals surface area (Å²) in [7, 11) is 0. The molecule has 0 bridgehead atoms. The van der Waals surface area contributed by atoms with Crippen molar-refractivity contribution in [3.63, 3.8) is 0 Å². The maximum absolute atomic E-state index is 13.4. The fourth-order valence-electron chi connectivity index (χ4n) is 1.78. The first-order valence-electron chi connectivity index (χ1n) is 6.16. The number of hydrogen-bond acceptors (Lipinski definition) is 2. The number of anilines is 1. The molecule has 5 nitrogen and oxygen atoms in total. The van der Waals surface area contributed by atoms with E-state index in [2.05, 4.69) is 5.32 Å². The lowest BCUT2D eigenvalue weighted by Crippen LogP contribution is -2.53. The molecule has 3 N–H and O–H groups in total. The third-order valence-electron chi connectivity index (χ3n) is 2.86. The molecule has 0 heterocycles. The molecule has 1 unspecified atom stereocenters. The normalized spacial score (nSPS) is 13.4. The van der Waals surface area contributed by atoms with Crippen LogP contribution in [-0.2, 0) is 4.79 Å². The largest absolute Gasteiger partial charge is 0.480 e. The summed E-state index contributed by atoms with van der Waals surface area (Å²) in [5, 5.41) is 13.1. The number of carbonyl (C=O) groups is 2. The van der Waals surface area contributed by atoms with Gasteiger partial charge in [0.05, 0.1) is 0 Å². The molecule has 0 aliphatic heterocycles. The minimum atomic E-state index is -1.58. The first-order chi connectivity index (χ1) is 9.69. The number of hydrogen-bond donors (Lipinski definition) is 3. The van der Waals surface area contributed by atoms with Crippen LogP contribution in [0.5, 0.6) is 0 Å². The molecule has 0 spiro atoms. The van der Waals surface area contributed by atoms with Crippen molar-refractivity contribution in [2.24, 2.45) is 0 Å². The Hall–Kier alpha value is -2.25. The van der Waals surface area contributed by atoms with Gasteiger partial charge in [0, 0.05) is 12.1 Å². The van der Waals surface area contributed by atoms with E-state index in [0.29, 0.717) is 18.6 Å². The van der Waals surface area contributed by atoms with Gasteiger partial charge in [0.2, 0.25) is 0 Å². The zero-order chi connectivity index (χ0) is 16.2. The molecule has 1 atom stereocenters. The van der Waals surface area contributed by atoms with Gasteiger partial charge in [0.1, 0.15) is 17.0 Å². The van der Waals surface area contributed by atoms with Gasteiger partial charge in [-0.05, 0) is 13.3 Å². The highest BCUT2D eigenvalue weighted by molar-refractivity contribution is 5.93. The maximum Gasteiger partial charge on any atom is 0.329 e. The minimum Gasteiger partial charge on any atom is -0.480 e. The van der Waals surface area contributed by atoms with E-state index in [9.17, 15) is 22.8 Å². The molecule has 1 rings (SSSR count). The number of urea groups is 1. The van der Waals surface area contributed by atoms with Gasteiger partial charge in [-0.15, -0.1) is 0 Å². The van der Waals surface area contributed by atoms with E-state index in [1.807, 2.05) is 5.32 Å². The number of halogens is 3. The molecule has 0 saturated heterocycles. The van der Waals surface area contributed by atoms with Crippen molar-refractivity contribution in [1.29, 1.82) is 0 Å². The van der Waals surface area contributed by atoms with Crippen LogP contribution in [0, 0.1) is 17.5 Å². The second-order valence-electron chi connectivity index (χ2n) is 4.71. The van der Waals surface area contributed by atoms with Gasteiger partial charge in [-0.2, -0.15) is 0 Å². The number of carboxylic acids is 1. The van der Waals surface area contributed by atoms with Gasteiger partial charge in [-0.3, -0.25) is 0 Å². The number of carboxylic acid groups (broad SMARTS) is 1. The van der Waals surface area contributed by atoms with E-state index in [1.165, 1.54) is 6.92 Å². The number of carbonyl (C=O) groups excluding carboxylic acids is 1. The van der Waals surface area contributed by atoms with Crippen LogP contribution >= 0.6 is 0 Å². The molecule has 0 fully saturated rings. The molecule has 0 saturated carbocycles. The van der Waals surface area contributed by atoms with Crippen molar-refractivity contribution in [2.45, 2.75) is 32.2 Å². The van der Waals surface area contributed by atoms with Crippen molar-refractivity contribution in [3.8, 4) is 0 Å². The number of aliphatic carboxylic acids is 1. The average molecular weight is 304 g/mol. The molecule has 0 aliphatic rings. The summed E-state index contributed by atoms with van der Waals surface area (Å²) < 4.78 is 39.5. The maximum atomic E-state index is 13.4. The summed E-state index contributed by atoms with van der Waals surface area (Å²) >= 11 is 0. The Kier molecular flexibility index (Phi) is 5.17. The first kappa shape index (κ1) is 16.8. The SMILES string of the molecule is CCCC(C)(NC(=O)Nc1c(F)cc(F)cc1F)C(=O)O. The highest BCUT2D eigenvalue weighted by atomic mass is 19.1. The van der Waals surface area contributed by atoms with E-state index in [1.54, 1.807) is 6.92 Å². The summed E-state index contributed by atoms with van der Waals surface area (Å²) in [6.07, 6.45) is 0.604. The molecule has 0 aromatic heterocycles. The standard InChI is InChI=1S/C13H15F3N2O3/c1-3-4-13(2,11(19)20)18-12(21)17-10-8(15)5-7(14)6-9(10)16/h5-6H,3-4H2,1-2H3,(H,19,20)(H2,17,18,21). The van der Waals surface area contributed by atoms with Crippen LogP contribution in [-0.4, -0.2) is 22.6 Å². The fraction of sp³-hybridized carbons (Fsp3) is 0.385. The second kappa shape index (κ2) is 6.47. The Balaban J connectivity index is 2.89. The Labute approximate surface area is 119 Å². The van der Waals surface area contributed by atoms with Gasteiger partial charge < -0.3 is 15.7 Å². The zero-order valence-corrected chi connectivity index (χ0v) is 11.5. The Bertz CT molecular complexity index is 543. The van der Waals surface area contributed by atoms with E-state index in [0.717, 1.165) is 0 Å². The number of rotatable bonds is 5. The molecule has 0 aliphatic carbocycles. The van der Waals surface area contributed by atoms with Crippen LogP contribution in [0.15, 0.2) is 12.1 Å². The van der Waals surface area contributed by atoms with Gasteiger partial charge in [-0.1, -0.05) is 13.3 Å². The first-order valence-corrected chi connectivity index (χ1v) is 6.16. The van der Waals surface area contributed by atoms with Crippen LogP contribution in [0.1, 0.15) is 26.7 Å². The van der Waals surface area contributed by atoms with Crippen LogP contribution in [0.2, 0.25) is 0 Å². The number of benzene rings is 1. The number of nitrogens with one attached hydrogen (secondary N) is 2. The minimum absolute atomic E-state index is 0.129. The Morgan fingerprint density at radius 1 is 1.24 bits per heavy atom. The van der Waals surface area contributed by atoms with E-state index < -0.39 is 40.7 Å². The van der Waals surface area contributed by atoms with Crippen LogP contribution in [0.4, 0.5) is 23.7 Å². The van der Waals surface area contributed by atoms with E-state index >= 15 is 0 Å². The van der Waals surface area contributed by atoms with Crippen molar-refractivity contribution in [3.05, 3.63) is 29.6 Å². The summed E-state index contributed by atoms with van der Waals surface area (Å²) in [5.74, 6) is -5.00. The molecule has 1 aromatic carbocycles. The lowest BCUT2D eigenvalue weighted by Gasteiger charge is -2.25. The lowest BCUT2D eigenvalue weighted by molar-refractivity contribution is -0.143. The molecule has 0 radical (unpaired) electrons. The lowest BCUT2D eigenvalue weighted by atomic mass is 9.97. The molecular weight excluding hydrogens is 289 g/mol. The van der Waals surface area contributed by atoms with E-state index in [4.69, 9.17) is 5.11 Å². The third kappa shape index (κ3) is 4.11. The number of amides is 2. The fourth-order valence-corrected chi connectivity index (χ4v) is 1.78. The molecule has 116 valence electrons. The summed E-state index contributed by atoms with van der Waals surface area (Å²) in [4.78, 5) is 22.8. The van der Waals surface area contributed by atoms with E-state index in [-0.39, 0.29) is 6.42 Å². The van der Waals surface area contributed by atoms with Crippen LogP contribution in [0.25, 0.3) is 0 Å². The third-order valence-corrected chi connectivity index (χ3v) is 2.86. The Morgan fingerprint density at radius 3 is 2.19 bits per heavy atom. The van der Waals surface area contributed by atoms with Crippen LogP contribution < -0.4 is 10.6 Å². The second-order valence-corrected chi connectivity index (χ2v) is 4.71. The van der Waals surface area contributed by atoms with Crippen molar-refractivity contribution in [2.75, 3.05) is 5.32 Å². The molecule has 21 heavy (non-hydrogen) atoms. The van der Waals surface area contributed by atoms with Crippen molar-refractivity contribution >= 4 is 17.7 Å². The van der Waals surface area contributed by atoms with Gasteiger partial charge in [0.25, 0.3) is 0 Å². The molecule has 1 aromatic rings. The monoisotopic (exact) mass is 304 g/mol. The van der Waals surface area contributed by atoms with Gasteiger partial charge in [0.15, 0.2) is 11.6 Å². The van der Waals surface area contributed by atoms with Gasteiger partial charge in [-0.25, -0.2) is 22.8 Å². The van der Waals surface area contributed by atoms with Crippen molar-refractivity contribution in [1.82, 2.24) is 5.32 Å². The molecule has 2 amide bonds. The topological polar surface area (TPSA) is 78.4 Å². The average Bonchev–Trinajstić information content (AvgIpc) is 2.33. The van der Waals surface area contributed by atoms with Crippen LogP contribution in [0.3, 0.4) is 0 Å². The highest BCUT2D eigenvalue weighted by Gasteiger charge is 2.34. The zero-order valence-electron chi connectivity index (χ0n) is 11.5. The predicted molar refractivity (Wildman–Crippen MR) is 69.4 cm³/mol. The smallest absolute Gasteiger partial charge is 0.329 e. The predicted octanol–water partition coefficient (Wildman–Crippen LogP) is 2.87. The quantitative estimate of drug-likeness (QED) is 0.782. The summed E-state index contributed by atoms with van der Waals surface area (Å²) in [6, 6.07) is -0.292. The molecular formula is C13H15F3N2O3. The van der Waals surface area contributed by atoms with Crippen molar-refractivity contribution < 1.29 is 27.9 Å². The summed E-state index contributed by atoms with van der Waals surface area (Å²) in [5.41, 5.74) is -2.43. The Morgan fingerprint density at radius 2 is 1.76 bits per heavy atom. The highest BCUT2D eigenvalue weighted by Crippen LogP contribution is 2.20.